The van der Waals surface area contributed by atoms with Gasteiger partial charge < -0.3 is 10.2 Å². The molecular formula is C17H28N4. The molecule has 1 N–H and O–H groups in total. The van der Waals surface area contributed by atoms with Crippen LogP contribution in [0.3, 0.4) is 0 Å². The maximum Gasteiger partial charge on any atom is 0.131 e. The summed E-state index contributed by atoms with van der Waals surface area (Å²) in [5, 5.41) is 3.60. The molecule has 116 valence electrons. The lowest BCUT2D eigenvalue weighted by molar-refractivity contribution is 0.596. The average molecular weight is 288 g/mol. The summed E-state index contributed by atoms with van der Waals surface area (Å²) >= 11 is 0. The molecule has 0 spiro atoms. The zero-order valence-corrected chi connectivity index (χ0v) is 13.8. The largest absolute Gasteiger partial charge is 0.369 e. The van der Waals surface area contributed by atoms with Gasteiger partial charge in [0, 0.05) is 31.6 Å². The number of rotatable bonds is 7. The summed E-state index contributed by atoms with van der Waals surface area (Å²) in [6.07, 6.45) is 7.39. The Morgan fingerprint density at radius 2 is 1.95 bits per heavy atom. The number of anilines is 1. The van der Waals surface area contributed by atoms with E-state index in [0.717, 1.165) is 24.0 Å². The monoisotopic (exact) mass is 288 g/mol. The molecule has 2 saturated carbocycles. The molecular weight excluding hydrogens is 260 g/mol. The van der Waals surface area contributed by atoms with Crippen LogP contribution in [0.15, 0.2) is 6.20 Å². The van der Waals surface area contributed by atoms with Gasteiger partial charge in [0.2, 0.25) is 0 Å². The first kappa shape index (κ1) is 14.8. The number of hydrogen-bond acceptors (Lipinski definition) is 4. The predicted octanol–water partition coefficient (Wildman–Crippen LogP) is 3.09. The molecule has 1 atom stereocenters. The molecule has 4 nitrogen and oxygen atoms in total. The highest BCUT2D eigenvalue weighted by atomic mass is 15.2. The van der Waals surface area contributed by atoms with Crippen LogP contribution >= 0.6 is 0 Å². The van der Waals surface area contributed by atoms with Crippen LogP contribution in [0.4, 0.5) is 5.69 Å². The van der Waals surface area contributed by atoms with Gasteiger partial charge in [0.1, 0.15) is 5.82 Å². The summed E-state index contributed by atoms with van der Waals surface area (Å²) in [7, 11) is 2.19. The maximum atomic E-state index is 4.84. The van der Waals surface area contributed by atoms with Gasteiger partial charge in [0.15, 0.2) is 0 Å². The summed E-state index contributed by atoms with van der Waals surface area (Å²) in [6, 6.07) is 1.29. The molecule has 1 unspecified atom stereocenters. The molecule has 0 radical (unpaired) electrons. The van der Waals surface area contributed by atoms with Crippen molar-refractivity contribution >= 4 is 5.69 Å². The van der Waals surface area contributed by atoms with Crippen LogP contribution in [0.2, 0.25) is 0 Å². The van der Waals surface area contributed by atoms with E-state index in [1.807, 2.05) is 6.20 Å². The third-order valence-electron chi connectivity index (χ3n) is 4.81. The summed E-state index contributed by atoms with van der Waals surface area (Å²) in [5.74, 6) is 2.19. The van der Waals surface area contributed by atoms with E-state index in [9.17, 15) is 0 Å². The Labute approximate surface area is 128 Å². The van der Waals surface area contributed by atoms with Crippen molar-refractivity contribution in [1.82, 2.24) is 15.3 Å². The summed E-state index contributed by atoms with van der Waals surface area (Å²) in [4.78, 5) is 11.8. The summed E-state index contributed by atoms with van der Waals surface area (Å²) in [5.41, 5.74) is 2.36. The second-order valence-corrected chi connectivity index (χ2v) is 7.06. The van der Waals surface area contributed by atoms with Crippen molar-refractivity contribution in [2.75, 3.05) is 11.9 Å². The highest BCUT2D eigenvalue weighted by Gasteiger charge is 2.32. The van der Waals surface area contributed by atoms with Gasteiger partial charge in [-0.1, -0.05) is 13.8 Å². The molecule has 0 aliphatic heterocycles. The van der Waals surface area contributed by atoms with E-state index in [2.05, 4.69) is 43.0 Å². The molecule has 1 aromatic rings. The molecule has 0 bridgehead atoms. The number of hydrogen-bond donors (Lipinski definition) is 1. The van der Waals surface area contributed by atoms with Gasteiger partial charge in [-0.2, -0.15) is 0 Å². The normalized spacial score (nSPS) is 19.9. The van der Waals surface area contributed by atoms with Crippen molar-refractivity contribution in [3.05, 3.63) is 17.7 Å². The van der Waals surface area contributed by atoms with Crippen LogP contribution in [0.5, 0.6) is 0 Å². The molecule has 0 aromatic carbocycles. The van der Waals surface area contributed by atoms with Gasteiger partial charge >= 0.3 is 0 Å². The third-order valence-corrected chi connectivity index (χ3v) is 4.81. The minimum Gasteiger partial charge on any atom is -0.369 e. The Balaban J connectivity index is 1.81. The maximum absolute atomic E-state index is 4.84. The van der Waals surface area contributed by atoms with Crippen LogP contribution in [-0.2, 0) is 6.54 Å². The second-order valence-electron chi connectivity index (χ2n) is 7.06. The van der Waals surface area contributed by atoms with Crippen LogP contribution < -0.4 is 10.2 Å². The molecule has 0 saturated heterocycles. The lowest BCUT2D eigenvalue weighted by atomic mass is 10.1. The lowest BCUT2D eigenvalue weighted by Crippen LogP contribution is -2.32. The van der Waals surface area contributed by atoms with E-state index in [1.54, 1.807) is 0 Å². The van der Waals surface area contributed by atoms with Crippen molar-refractivity contribution in [1.29, 1.82) is 0 Å². The minimum absolute atomic E-state index is 0.380. The second kappa shape index (κ2) is 5.91. The van der Waals surface area contributed by atoms with E-state index < -0.39 is 0 Å². The zero-order valence-electron chi connectivity index (χ0n) is 13.8. The fourth-order valence-electron chi connectivity index (χ4n) is 2.77. The van der Waals surface area contributed by atoms with Gasteiger partial charge in [-0.3, -0.25) is 0 Å². The van der Waals surface area contributed by atoms with Gasteiger partial charge in [-0.05, 0) is 38.5 Å². The van der Waals surface area contributed by atoms with Crippen LogP contribution in [-0.4, -0.2) is 29.1 Å². The Kier molecular flexibility index (Phi) is 4.16. The van der Waals surface area contributed by atoms with E-state index in [1.165, 1.54) is 31.4 Å². The molecule has 2 aliphatic rings. The van der Waals surface area contributed by atoms with Crippen molar-refractivity contribution in [3.63, 3.8) is 0 Å². The molecule has 4 heteroatoms. The van der Waals surface area contributed by atoms with Gasteiger partial charge in [-0.25, -0.2) is 9.97 Å². The number of nitrogens with one attached hydrogen (secondary N) is 1. The molecule has 21 heavy (non-hydrogen) atoms. The van der Waals surface area contributed by atoms with Crippen LogP contribution in [0.1, 0.15) is 63.9 Å². The standard InChI is InChI=1S/C17H28N4/c1-11(2)17-19-10-16(21(4)12(3)13-5-6-13)15(20-17)9-18-14-7-8-14/h10-14,18H,5-9H2,1-4H3. The predicted molar refractivity (Wildman–Crippen MR) is 86.6 cm³/mol. The highest BCUT2D eigenvalue weighted by molar-refractivity contribution is 5.49. The Bertz CT molecular complexity index is 492. The van der Waals surface area contributed by atoms with Crippen LogP contribution in [0.25, 0.3) is 0 Å². The number of nitrogens with zero attached hydrogens (tertiary/aromatic N) is 3. The summed E-state index contributed by atoms with van der Waals surface area (Å²) in [6.45, 7) is 7.50. The molecule has 2 fully saturated rings. The average Bonchev–Trinajstić information content (AvgIpc) is 3.36. The van der Waals surface area contributed by atoms with E-state index in [4.69, 9.17) is 4.98 Å². The highest BCUT2D eigenvalue weighted by Crippen LogP contribution is 2.36. The first-order valence-corrected chi connectivity index (χ1v) is 8.38. The molecule has 1 aromatic heterocycles. The topological polar surface area (TPSA) is 41.1 Å². The van der Waals surface area contributed by atoms with Gasteiger partial charge in [0.25, 0.3) is 0 Å². The molecule has 2 aliphatic carbocycles. The summed E-state index contributed by atoms with van der Waals surface area (Å²) < 4.78 is 0. The third kappa shape index (κ3) is 3.54. The van der Waals surface area contributed by atoms with E-state index >= 15 is 0 Å². The SMILES string of the molecule is CC(C)c1ncc(N(C)C(C)C2CC2)c(CNC2CC2)n1. The van der Waals surface area contributed by atoms with Crippen molar-refractivity contribution in [2.45, 2.75) is 71.0 Å². The smallest absolute Gasteiger partial charge is 0.131 e. The lowest BCUT2D eigenvalue weighted by Gasteiger charge is -2.28. The van der Waals surface area contributed by atoms with Gasteiger partial charge in [-0.15, -0.1) is 0 Å². The first-order chi connectivity index (χ1) is 10.1. The van der Waals surface area contributed by atoms with Gasteiger partial charge in [0.05, 0.1) is 17.6 Å². The van der Waals surface area contributed by atoms with Crippen LogP contribution in [0, 0.1) is 5.92 Å². The molecule has 3 rings (SSSR count). The Hall–Kier alpha value is -1.16. The van der Waals surface area contributed by atoms with E-state index in [-0.39, 0.29) is 0 Å². The minimum atomic E-state index is 0.380. The van der Waals surface area contributed by atoms with Crippen molar-refractivity contribution < 1.29 is 0 Å². The Morgan fingerprint density at radius 3 is 2.52 bits per heavy atom. The number of aromatic nitrogens is 2. The Morgan fingerprint density at radius 1 is 1.24 bits per heavy atom. The fourth-order valence-corrected chi connectivity index (χ4v) is 2.77. The molecule has 0 amide bonds. The van der Waals surface area contributed by atoms with Crippen molar-refractivity contribution in [3.8, 4) is 0 Å². The van der Waals surface area contributed by atoms with E-state index in [0.29, 0.717) is 18.0 Å². The fraction of sp³-hybridized carbons (Fsp3) is 0.765. The quantitative estimate of drug-likeness (QED) is 0.837. The van der Waals surface area contributed by atoms with Crippen molar-refractivity contribution in [2.24, 2.45) is 5.92 Å². The zero-order chi connectivity index (χ0) is 15.0. The molecule has 1 heterocycles. The first-order valence-electron chi connectivity index (χ1n) is 8.38.